The van der Waals surface area contributed by atoms with Gasteiger partial charge in [-0.1, -0.05) is 0 Å². The van der Waals surface area contributed by atoms with Crippen LogP contribution in [0.1, 0.15) is 31.6 Å². The van der Waals surface area contributed by atoms with Crippen molar-refractivity contribution in [2.24, 2.45) is 0 Å². The van der Waals surface area contributed by atoms with Gasteiger partial charge < -0.3 is 13.8 Å². The topological polar surface area (TPSA) is 86.3 Å². The lowest BCUT2D eigenvalue weighted by molar-refractivity contribution is -0.136. The molecule has 7 nitrogen and oxygen atoms in total. The first-order valence-corrected chi connectivity index (χ1v) is 13.2. The van der Waals surface area contributed by atoms with Gasteiger partial charge in [-0.25, -0.2) is 4.98 Å². The van der Waals surface area contributed by atoms with Crippen molar-refractivity contribution in [3.8, 4) is 17.1 Å². The normalized spacial score (nSPS) is 13.1. The summed E-state index contributed by atoms with van der Waals surface area (Å²) in [6.07, 6.45) is -4.48. The number of fused-ring (bicyclic) bond motifs is 1. The van der Waals surface area contributed by atoms with Crippen molar-refractivity contribution in [2.45, 2.75) is 38.5 Å². The fourth-order valence-corrected chi connectivity index (χ4v) is 7.06. The summed E-state index contributed by atoms with van der Waals surface area (Å²) in [6, 6.07) is 3.00. The molecule has 0 saturated heterocycles. The smallest absolute Gasteiger partial charge is 0.405 e. The van der Waals surface area contributed by atoms with Crippen molar-refractivity contribution in [3.63, 3.8) is 0 Å². The Morgan fingerprint density at radius 1 is 1.15 bits per heavy atom. The molecule has 0 aliphatic heterocycles. The Bertz CT molecular complexity index is 1160. The minimum atomic E-state index is -4.89. The number of halogens is 6. The molecule has 0 amide bonds. The van der Waals surface area contributed by atoms with Gasteiger partial charge in [0.1, 0.15) is 17.0 Å². The first kappa shape index (κ1) is 27.0. The number of H-pyrrole nitrogens is 1. The molecule has 0 bridgehead atoms. The lowest BCUT2D eigenvalue weighted by Crippen LogP contribution is -2.17. The third-order valence-electron chi connectivity index (χ3n) is 4.46. The van der Waals surface area contributed by atoms with Gasteiger partial charge in [-0.15, -0.1) is 11.3 Å². The Balaban J connectivity index is 2.10. The van der Waals surface area contributed by atoms with Gasteiger partial charge in [0.25, 0.3) is 0 Å². The molecule has 2 aromatic heterocycles. The highest BCUT2D eigenvalue weighted by Gasteiger charge is 2.57. The second-order valence-electron chi connectivity index (χ2n) is 6.87. The van der Waals surface area contributed by atoms with Gasteiger partial charge in [0.05, 0.1) is 24.5 Å². The van der Waals surface area contributed by atoms with Gasteiger partial charge in [0, 0.05) is 21.8 Å². The molecule has 3 rings (SSSR count). The van der Waals surface area contributed by atoms with Gasteiger partial charge in [-0.2, -0.15) is 27.1 Å². The number of thiophene rings is 1. The number of aromatic nitrogens is 3. The molecule has 1 N–H and O–H groups in total. The van der Waals surface area contributed by atoms with Crippen molar-refractivity contribution in [1.82, 2.24) is 15.2 Å². The first-order chi connectivity index (χ1) is 15.9. The maximum Gasteiger partial charge on any atom is 0.405 e. The Hall–Kier alpha value is -1.60. The average Bonchev–Trinajstić information content (AvgIpc) is 3.39. The van der Waals surface area contributed by atoms with E-state index in [-0.39, 0.29) is 46.5 Å². The summed E-state index contributed by atoms with van der Waals surface area (Å²) >= 11 is 3.75. The van der Waals surface area contributed by atoms with Crippen LogP contribution in [0.15, 0.2) is 22.9 Å². The second-order valence-corrected chi connectivity index (χ2v) is 10.8. The number of benzene rings is 1. The molecule has 0 saturated carbocycles. The van der Waals surface area contributed by atoms with Crippen molar-refractivity contribution in [3.05, 3.63) is 27.8 Å². The van der Waals surface area contributed by atoms with Gasteiger partial charge >= 0.3 is 19.4 Å². The minimum absolute atomic E-state index is 0.0707. The molecular weight excluding hydrogens is 572 g/mol. The highest BCUT2D eigenvalue weighted by Crippen LogP contribution is 2.69. The van der Waals surface area contributed by atoms with Crippen molar-refractivity contribution >= 4 is 44.9 Å². The number of hydrogen-bond donors (Lipinski definition) is 1. The maximum absolute atomic E-state index is 15.5. The van der Waals surface area contributed by atoms with Crippen LogP contribution in [0, 0.1) is 0 Å². The van der Waals surface area contributed by atoms with E-state index in [0.717, 1.165) is 0 Å². The standard InChI is InChI=1S/C19H20BrF5N3O4PS/c1-3-31-33(29,32-4-2)19(24,25)16-14(20)12-8-11(17-26-10-27-28-17)9-13(15(12)34-16)30-7-5-6-18(21,22)23/h8-10H,3-7H2,1-2H3,(H,26,27,28). The number of rotatable bonds is 11. The second kappa shape index (κ2) is 10.6. The summed E-state index contributed by atoms with van der Waals surface area (Å²) in [5, 5.41) is 6.65. The first-order valence-electron chi connectivity index (χ1n) is 10.0. The number of aromatic amines is 1. The van der Waals surface area contributed by atoms with Crippen LogP contribution in [0.25, 0.3) is 21.5 Å². The lowest BCUT2D eigenvalue weighted by atomic mass is 10.1. The largest absolute Gasteiger partial charge is 0.492 e. The predicted octanol–water partition coefficient (Wildman–Crippen LogP) is 7.49. The highest BCUT2D eigenvalue weighted by atomic mass is 79.9. The van der Waals surface area contributed by atoms with E-state index in [4.69, 9.17) is 13.8 Å². The predicted molar refractivity (Wildman–Crippen MR) is 120 cm³/mol. The van der Waals surface area contributed by atoms with Crippen LogP contribution < -0.4 is 4.74 Å². The molecule has 188 valence electrons. The van der Waals surface area contributed by atoms with Crippen molar-refractivity contribution in [1.29, 1.82) is 0 Å². The zero-order valence-electron chi connectivity index (χ0n) is 17.9. The van der Waals surface area contributed by atoms with Crippen LogP contribution in [0.3, 0.4) is 0 Å². The number of hydrogen-bond acceptors (Lipinski definition) is 7. The van der Waals surface area contributed by atoms with Crippen molar-refractivity contribution in [2.75, 3.05) is 19.8 Å². The number of nitrogens with one attached hydrogen (secondary N) is 1. The van der Waals surface area contributed by atoms with E-state index < -0.39 is 30.7 Å². The van der Waals surface area contributed by atoms with Crippen LogP contribution in [-0.2, 0) is 19.3 Å². The fourth-order valence-electron chi connectivity index (χ4n) is 3.04. The van der Waals surface area contributed by atoms with Crippen LogP contribution in [-0.4, -0.2) is 41.2 Å². The van der Waals surface area contributed by atoms with Gasteiger partial charge in [0.2, 0.25) is 0 Å². The SMILES string of the molecule is CCOP(=O)(OCC)C(F)(F)c1sc2c(OCCCC(F)(F)F)cc(-c3ncn[nH]3)cc2c1Br. The van der Waals surface area contributed by atoms with Gasteiger partial charge in [-0.05, 0) is 48.3 Å². The average molecular weight is 592 g/mol. The molecule has 0 radical (unpaired) electrons. The van der Waals surface area contributed by atoms with E-state index in [1.807, 2.05) is 0 Å². The molecule has 34 heavy (non-hydrogen) atoms. The molecule has 2 heterocycles. The minimum Gasteiger partial charge on any atom is -0.492 e. The molecule has 0 aliphatic carbocycles. The van der Waals surface area contributed by atoms with Gasteiger partial charge in [0.15, 0.2) is 5.82 Å². The van der Waals surface area contributed by atoms with Crippen LogP contribution in [0.4, 0.5) is 22.0 Å². The van der Waals surface area contributed by atoms with Crippen LogP contribution in [0.5, 0.6) is 5.75 Å². The van der Waals surface area contributed by atoms with E-state index in [9.17, 15) is 17.7 Å². The Labute approximate surface area is 203 Å². The third kappa shape index (κ3) is 5.62. The number of alkyl halides is 5. The zero-order valence-corrected chi connectivity index (χ0v) is 21.2. The highest BCUT2D eigenvalue weighted by molar-refractivity contribution is 9.10. The maximum atomic E-state index is 15.5. The number of ether oxygens (including phenoxy) is 1. The van der Waals surface area contributed by atoms with E-state index in [1.165, 1.54) is 32.3 Å². The monoisotopic (exact) mass is 591 g/mol. The summed E-state index contributed by atoms with van der Waals surface area (Å²) in [4.78, 5) is 3.40. The zero-order chi connectivity index (χ0) is 25.1. The molecule has 0 aliphatic rings. The third-order valence-corrected chi connectivity index (χ3v) is 9.10. The van der Waals surface area contributed by atoms with E-state index in [2.05, 4.69) is 31.1 Å². The summed E-state index contributed by atoms with van der Waals surface area (Å²) < 4.78 is 96.9. The van der Waals surface area contributed by atoms with Crippen LogP contribution >= 0.6 is 34.9 Å². The molecule has 0 spiro atoms. The Morgan fingerprint density at radius 3 is 2.38 bits per heavy atom. The molecule has 0 fully saturated rings. The Kier molecular flexibility index (Phi) is 8.39. The fraction of sp³-hybridized carbons (Fsp3) is 0.474. The molecule has 3 aromatic rings. The molecular formula is C19H20BrF5N3O4PS. The molecule has 0 unspecified atom stereocenters. The lowest BCUT2D eigenvalue weighted by Gasteiger charge is -2.25. The molecule has 15 heteroatoms. The molecule has 1 aromatic carbocycles. The van der Waals surface area contributed by atoms with E-state index in [0.29, 0.717) is 22.7 Å². The summed E-state index contributed by atoms with van der Waals surface area (Å²) in [6.45, 7) is 2.00. The van der Waals surface area contributed by atoms with Crippen molar-refractivity contribution < 1.29 is 40.3 Å². The Morgan fingerprint density at radius 2 is 1.82 bits per heavy atom. The summed E-state index contributed by atoms with van der Waals surface area (Å²) in [7, 11) is -4.89. The number of nitrogens with zero attached hydrogens (tertiary/aromatic N) is 2. The van der Waals surface area contributed by atoms with E-state index in [1.54, 1.807) is 0 Å². The quantitative estimate of drug-likeness (QED) is 0.141. The summed E-state index contributed by atoms with van der Waals surface area (Å²) in [5.41, 5.74) is -3.61. The summed E-state index contributed by atoms with van der Waals surface area (Å²) in [5.74, 6) is 0.365. The van der Waals surface area contributed by atoms with Crippen LogP contribution in [0.2, 0.25) is 0 Å². The molecule has 0 atom stereocenters. The van der Waals surface area contributed by atoms with Gasteiger partial charge in [-0.3, -0.25) is 9.66 Å². The van der Waals surface area contributed by atoms with E-state index >= 15 is 8.78 Å².